The van der Waals surface area contributed by atoms with Crippen LogP contribution in [0.2, 0.25) is 5.02 Å². The quantitative estimate of drug-likeness (QED) is 0.518. The molecular formula is C20H18ClN5O2. The van der Waals surface area contributed by atoms with Gasteiger partial charge in [-0.1, -0.05) is 11.6 Å². The van der Waals surface area contributed by atoms with E-state index in [9.17, 15) is 4.79 Å². The summed E-state index contributed by atoms with van der Waals surface area (Å²) in [5, 5.41) is 16.4. The van der Waals surface area contributed by atoms with Crippen LogP contribution in [0.5, 0.6) is 0 Å². The van der Waals surface area contributed by atoms with Gasteiger partial charge in [-0.25, -0.2) is 0 Å². The van der Waals surface area contributed by atoms with Crippen LogP contribution < -0.4 is 5.73 Å². The molecule has 1 aliphatic heterocycles. The highest BCUT2D eigenvalue weighted by Crippen LogP contribution is 2.26. The normalized spacial score (nSPS) is 16.3. The maximum Gasteiger partial charge on any atom is 0.254 e. The zero-order chi connectivity index (χ0) is 19.7. The van der Waals surface area contributed by atoms with Gasteiger partial charge in [0.1, 0.15) is 5.84 Å². The van der Waals surface area contributed by atoms with Gasteiger partial charge < -0.3 is 15.1 Å². The van der Waals surface area contributed by atoms with Gasteiger partial charge in [0.2, 0.25) is 11.8 Å². The molecule has 0 spiro atoms. The number of amides is 1. The fourth-order valence-electron chi connectivity index (χ4n) is 3.30. The van der Waals surface area contributed by atoms with Crippen molar-refractivity contribution in [2.24, 2.45) is 5.73 Å². The second-order valence-corrected chi connectivity index (χ2v) is 7.04. The van der Waals surface area contributed by atoms with Crippen LogP contribution in [-0.4, -0.2) is 39.4 Å². The summed E-state index contributed by atoms with van der Waals surface area (Å²) < 4.78 is 5.74. The summed E-state index contributed by atoms with van der Waals surface area (Å²) in [6.45, 7) is 0.610. The summed E-state index contributed by atoms with van der Waals surface area (Å²) in [6, 6.07) is 13.8. The van der Waals surface area contributed by atoms with E-state index in [1.807, 2.05) is 12.1 Å². The van der Waals surface area contributed by atoms with E-state index in [-0.39, 0.29) is 17.8 Å². The van der Waals surface area contributed by atoms with Gasteiger partial charge in [0.15, 0.2) is 0 Å². The number of benzene rings is 2. The van der Waals surface area contributed by atoms with Crippen molar-refractivity contribution in [1.29, 1.82) is 5.41 Å². The van der Waals surface area contributed by atoms with Gasteiger partial charge in [0, 0.05) is 28.3 Å². The van der Waals surface area contributed by atoms with Crippen LogP contribution in [0.1, 0.15) is 23.2 Å². The molecule has 3 N–H and O–H groups in total. The van der Waals surface area contributed by atoms with Crippen molar-refractivity contribution in [3.63, 3.8) is 0 Å². The molecule has 1 fully saturated rings. The number of aromatic nitrogens is 2. The molecule has 1 amide bonds. The minimum atomic E-state index is -0.315. The Labute approximate surface area is 166 Å². The second-order valence-electron chi connectivity index (χ2n) is 6.61. The topological polar surface area (TPSA) is 109 Å². The first kappa shape index (κ1) is 18.2. The van der Waals surface area contributed by atoms with Crippen molar-refractivity contribution >= 4 is 23.3 Å². The van der Waals surface area contributed by atoms with Crippen LogP contribution in [0.25, 0.3) is 22.9 Å². The van der Waals surface area contributed by atoms with E-state index in [0.29, 0.717) is 34.5 Å². The average molecular weight is 396 g/mol. The lowest BCUT2D eigenvalue weighted by Gasteiger charge is -2.23. The van der Waals surface area contributed by atoms with E-state index in [0.717, 1.165) is 18.4 Å². The number of likely N-dealkylation sites (tertiary alicyclic amines) is 1. The van der Waals surface area contributed by atoms with Crippen LogP contribution in [0.15, 0.2) is 52.9 Å². The summed E-state index contributed by atoms with van der Waals surface area (Å²) in [6.07, 6.45) is 1.58. The highest BCUT2D eigenvalue weighted by atomic mass is 35.5. The van der Waals surface area contributed by atoms with Crippen molar-refractivity contribution in [3.8, 4) is 22.9 Å². The molecule has 4 rings (SSSR count). The third kappa shape index (κ3) is 3.48. The molecule has 0 unspecified atom stereocenters. The van der Waals surface area contributed by atoms with Gasteiger partial charge in [0.25, 0.3) is 5.91 Å². The van der Waals surface area contributed by atoms with Crippen molar-refractivity contribution in [2.45, 2.75) is 18.9 Å². The van der Waals surface area contributed by atoms with Crippen molar-refractivity contribution in [2.75, 3.05) is 6.54 Å². The molecule has 8 heteroatoms. The average Bonchev–Trinajstić information content (AvgIpc) is 3.38. The van der Waals surface area contributed by atoms with Crippen molar-refractivity contribution < 1.29 is 9.21 Å². The number of hydrogen-bond donors (Lipinski definition) is 2. The maximum absolute atomic E-state index is 12.7. The highest BCUT2D eigenvalue weighted by molar-refractivity contribution is 6.30. The maximum atomic E-state index is 12.7. The lowest BCUT2D eigenvalue weighted by molar-refractivity contribution is 0.0769. The Morgan fingerprint density at radius 2 is 1.64 bits per heavy atom. The first-order valence-electron chi connectivity index (χ1n) is 8.87. The smallest absolute Gasteiger partial charge is 0.254 e. The van der Waals surface area contributed by atoms with Crippen LogP contribution in [0.4, 0.5) is 0 Å². The van der Waals surface area contributed by atoms with Crippen LogP contribution in [0.3, 0.4) is 0 Å². The fourth-order valence-corrected chi connectivity index (χ4v) is 3.43. The summed E-state index contributed by atoms with van der Waals surface area (Å²) >= 11 is 5.90. The monoisotopic (exact) mass is 395 g/mol. The van der Waals surface area contributed by atoms with Gasteiger partial charge >= 0.3 is 0 Å². The molecule has 3 aromatic rings. The third-order valence-electron chi connectivity index (χ3n) is 4.77. The zero-order valence-corrected chi connectivity index (χ0v) is 15.7. The van der Waals surface area contributed by atoms with Gasteiger partial charge in [-0.05, 0) is 61.4 Å². The van der Waals surface area contributed by atoms with E-state index in [1.165, 1.54) is 0 Å². The standard InChI is InChI=1S/C20H18ClN5O2/c21-15-9-7-13(8-10-15)19-25-24-18(28-19)12-3-5-14(6-4-12)20(27)26-11-1-2-16(26)17(22)23/h3-10,16H,1-2,11H2,(H3,22,23)/t16-/m0/s1. The Morgan fingerprint density at radius 3 is 2.21 bits per heavy atom. The lowest BCUT2D eigenvalue weighted by atomic mass is 10.1. The van der Waals surface area contributed by atoms with Crippen LogP contribution in [-0.2, 0) is 0 Å². The number of hydrogen-bond acceptors (Lipinski definition) is 5. The third-order valence-corrected chi connectivity index (χ3v) is 5.02. The molecule has 1 atom stereocenters. The predicted octanol–water partition coefficient (Wildman–Crippen LogP) is 3.60. The summed E-state index contributed by atoms with van der Waals surface area (Å²) in [7, 11) is 0. The highest BCUT2D eigenvalue weighted by Gasteiger charge is 2.31. The zero-order valence-electron chi connectivity index (χ0n) is 14.9. The molecule has 1 aliphatic rings. The van der Waals surface area contributed by atoms with Crippen LogP contribution in [0, 0.1) is 5.41 Å². The van der Waals surface area contributed by atoms with E-state index in [2.05, 4.69) is 10.2 Å². The molecule has 2 aromatic carbocycles. The number of carbonyl (C=O) groups is 1. The lowest BCUT2D eigenvalue weighted by Crippen LogP contribution is -2.43. The van der Waals surface area contributed by atoms with E-state index < -0.39 is 0 Å². The minimum absolute atomic E-state index is 0.0306. The molecule has 28 heavy (non-hydrogen) atoms. The number of nitrogens with zero attached hydrogens (tertiary/aromatic N) is 3. The molecule has 0 saturated carbocycles. The second kappa shape index (κ2) is 7.44. The molecule has 0 bridgehead atoms. The molecule has 7 nitrogen and oxygen atoms in total. The number of carbonyl (C=O) groups excluding carboxylic acids is 1. The molecule has 2 heterocycles. The molecule has 0 radical (unpaired) electrons. The SMILES string of the molecule is N=C(N)[C@@H]1CCCN1C(=O)c1ccc(-c2nnc(-c3ccc(Cl)cc3)o2)cc1. The first-order chi connectivity index (χ1) is 13.5. The number of nitrogens with two attached hydrogens (primary N) is 1. The van der Waals surface area contributed by atoms with Crippen molar-refractivity contribution in [1.82, 2.24) is 15.1 Å². The molecular weight excluding hydrogens is 378 g/mol. The predicted molar refractivity (Wildman–Crippen MR) is 106 cm³/mol. The van der Waals surface area contributed by atoms with Gasteiger partial charge in [-0.15, -0.1) is 10.2 Å². The Hall–Kier alpha value is -3.19. The van der Waals surface area contributed by atoms with E-state index in [1.54, 1.807) is 41.3 Å². The number of amidine groups is 1. The Bertz CT molecular complexity index is 1010. The summed E-state index contributed by atoms with van der Waals surface area (Å²) in [4.78, 5) is 14.4. The van der Waals surface area contributed by atoms with E-state index >= 15 is 0 Å². The van der Waals surface area contributed by atoms with E-state index in [4.69, 9.17) is 27.2 Å². The largest absolute Gasteiger partial charge is 0.416 e. The van der Waals surface area contributed by atoms with Gasteiger partial charge in [-0.2, -0.15) is 0 Å². The number of nitrogens with one attached hydrogen (secondary N) is 1. The van der Waals surface area contributed by atoms with Crippen LogP contribution >= 0.6 is 11.6 Å². The number of halogens is 1. The Balaban J connectivity index is 1.53. The fraction of sp³-hybridized carbons (Fsp3) is 0.200. The molecule has 1 saturated heterocycles. The molecule has 142 valence electrons. The Kier molecular flexibility index (Phi) is 4.83. The minimum Gasteiger partial charge on any atom is -0.416 e. The van der Waals surface area contributed by atoms with Gasteiger partial charge in [-0.3, -0.25) is 10.2 Å². The molecule has 1 aromatic heterocycles. The summed E-state index contributed by atoms with van der Waals surface area (Å²) in [5.74, 6) is 0.666. The van der Waals surface area contributed by atoms with Crippen molar-refractivity contribution in [3.05, 3.63) is 59.1 Å². The van der Waals surface area contributed by atoms with Gasteiger partial charge in [0.05, 0.1) is 6.04 Å². The number of rotatable bonds is 4. The summed E-state index contributed by atoms with van der Waals surface area (Å²) in [5.41, 5.74) is 7.65. The molecule has 0 aliphatic carbocycles. The first-order valence-corrected chi connectivity index (χ1v) is 9.25. The Morgan fingerprint density at radius 1 is 1.07 bits per heavy atom.